The molecule has 0 spiro atoms. The van der Waals surface area contributed by atoms with Crippen LogP contribution in [0.5, 0.6) is 0 Å². The number of furan rings is 1. The van der Waals surface area contributed by atoms with Crippen molar-refractivity contribution in [2.45, 2.75) is 19.4 Å². The molecule has 0 aliphatic rings. The van der Waals surface area contributed by atoms with Gasteiger partial charge in [0.05, 0.1) is 18.4 Å². The van der Waals surface area contributed by atoms with Crippen molar-refractivity contribution < 1.29 is 24.2 Å². The minimum Gasteiger partial charge on any atom is -0.480 e. The molecule has 88 valence electrons. The Kier molecular flexibility index (Phi) is 4.07. The second kappa shape index (κ2) is 5.32. The average molecular weight is 227 g/mol. The highest BCUT2D eigenvalue weighted by molar-refractivity contribution is 5.97. The zero-order chi connectivity index (χ0) is 12.1. The number of rotatable bonds is 5. The van der Waals surface area contributed by atoms with Crippen LogP contribution in [0.15, 0.2) is 16.7 Å². The summed E-state index contributed by atoms with van der Waals surface area (Å²) in [5.41, 5.74) is 0.294. The quantitative estimate of drug-likeness (QED) is 0.658. The average Bonchev–Trinajstić information content (AvgIpc) is 2.72. The number of nitrogens with one attached hydrogen (secondary N) is 1. The van der Waals surface area contributed by atoms with Crippen LogP contribution in [0.3, 0.4) is 0 Å². The van der Waals surface area contributed by atoms with E-state index >= 15 is 0 Å². The lowest BCUT2D eigenvalue weighted by Crippen LogP contribution is -2.43. The van der Waals surface area contributed by atoms with Gasteiger partial charge in [0.15, 0.2) is 6.04 Å². The minimum absolute atomic E-state index is 0.294. The van der Waals surface area contributed by atoms with Gasteiger partial charge in [0.2, 0.25) is 0 Å². The lowest BCUT2D eigenvalue weighted by molar-refractivity contribution is -0.140. The van der Waals surface area contributed by atoms with Gasteiger partial charge in [-0.25, -0.2) is 4.79 Å². The van der Waals surface area contributed by atoms with Crippen molar-refractivity contribution in [1.29, 1.82) is 0 Å². The number of aliphatic hydroxyl groups is 1. The predicted molar refractivity (Wildman–Crippen MR) is 54.1 cm³/mol. The van der Waals surface area contributed by atoms with E-state index in [0.717, 1.165) is 0 Å². The van der Waals surface area contributed by atoms with Crippen LogP contribution in [0.4, 0.5) is 0 Å². The largest absolute Gasteiger partial charge is 0.480 e. The summed E-state index contributed by atoms with van der Waals surface area (Å²) in [6.45, 7) is 1.16. The Morgan fingerprint density at radius 2 is 2.25 bits per heavy atom. The molecule has 1 atom stereocenters. The number of aliphatic hydroxyl groups excluding tert-OH is 1. The van der Waals surface area contributed by atoms with Crippen molar-refractivity contribution in [3.8, 4) is 0 Å². The van der Waals surface area contributed by atoms with Gasteiger partial charge in [-0.05, 0) is 6.07 Å². The summed E-state index contributed by atoms with van der Waals surface area (Å²) in [6, 6.07) is 0.164. The number of carbonyl (C=O) groups excluding carboxylic acids is 1. The summed E-state index contributed by atoms with van der Waals surface area (Å²) in [4.78, 5) is 22.2. The van der Waals surface area contributed by atoms with E-state index in [2.05, 4.69) is 5.32 Å². The highest BCUT2D eigenvalue weighted by Gasteiger charge is 2.21. The van der Waals surface area contributed by atoms with E-state index in [-0.39, 0.29) is 0 Å². The van der Waals surface area contributed by atoms with E-state index in [1.54, 1.807) is 0 Å². The third-order valence-electron chi connectivity index (χ3n) is 2.10. The lowest BCUT2D eigenvalue weighted by Gasteiger charge is -2.10. The number of carboxylic acid groups (broad SMARTS) is 1. The molecule has 3 N–H and O–H groups in total. The summed E-state index contributed by atoms with van der Waals surface area (Å²) in [7, 11) is 0. The fraction of sp³-hybridized carbons (Fsp3) is 0.400. The van der Waals surface area contributed by atoms with Gasteiger partial charge in [0, 0.05) is 6.42 Å². The molecule has 0 radical (unpaired) electrons. The van der Waals surface area contributed by atoms with E-state index in [1.807, 2.05) is 6.92 Å². The van der Waals surface area contributed by atoms with Gasteiger partial charge in [0.1, 0.15) is 5.76 Å². The van der Waals surface area contributed by atoms with Crippen molar-refractivity contribution in [2.24, 2.45) is 0 Å². The number of aryl methyl sites for hydroxylation is 1. The second-order valence-electron chi connectivity index (χ2n) is 3.16. The van der Waals surface area contributed by atoms with Crippen LogP contribution >= 0.6 is 0 Å². The van der Waals surface area contributed by atoms with Crippen LogP contribution in [0.25, 0.3) is 0 Å². The van der Waals surface area contributed by atoms with Crippen molar-refractivity contribution in [1.82, 2.24) is 5.32 Å². The van der Waals surface area contributed by atoms with Crippen LogP contribution in [-0.4, -0.2) is 34.7 Å². The van der Waals surface area contributed by atoms with E-state index in [1.165, 1.54) is 12.3 Å². The van der Waals surface area contributed by atoms with Gasteiger partial charge in [-0.3, -0.25) is 4.79 Å². The monoisotopic (exact) mass is 227 g/mol. The van der Waals surface area contributed by atoms with E-state index in [9.17, 15) is 9.59 Å². The molecule has 0 bridgehead atoms. The molecule has 0 saturated heterocycles. The Bertz CT molecular complexity index is 384. The maximum atomic E-state index is 11.6. The number of hydrogen-bond donors (Lipinski definition) is 3. The van der Waals surface area contributed by atoms with Crippen LogP contribution in [0.2, 0.25) is 0 Å². The zero-order valence-electron chi connectivity index (χ0n) is 8.77. The molecule has 6 heteroatoms. The van der Waals surface area contributed by atoms with Crippen LogP contribution < -0.4 is 5.32 Å². The van der Waals surface area contributed by atoms with Crippen molar-refractivity contribution in [2.75, 3.05) is 6.61 Å². The maximum Gasteiger partial charge on any atom is 0.328 e. The number of carboxylic acids is 1. The molecule has 0 aromatic carbocycles. The molecule has 0 unspecified atom stereocenters. The van der Waals surface area contributed by atoms with Gasteiger partial charge >= 0.3 is 5.97 Å². The molecule has 6 nitrogen and oxygen atoms in total. The molecule has 16 heavy (non-hydrogen) atoms. The molecule has 0 saturated carbocycles. The third kappa shape index (κ3) is 2.60. The smallest absolute Gasteiger partial charge is 0.328 e. The van der Waals surface area contributed by atoms with Gasteiger partial charge in [-0.1, -0.05) is 6.92 Å². The summed E-state index contributed by atoms with van der Waals surface area (Å²) < 4.78 is 5.04. The van der Waals surface area contributed by atoms with Crippen LogP contribution in [0, 0.1) is 0 Å². The molecule has 1 aromatic heterocycles. The molecule has 1 amide bonds. The first-order valence-corrected chi connectivity index (χ1v) is 4.81. The fourth-order valence-corrected chi connectivity index (χ4v) is 1.24. The van der Waals surface area contributed by atoms with Gasteiger partial charge < -0.3 is 19.9 Å². The van der Waals surface area contributed by atoms with Crippen LogP contribution in [-0.2, 0) is 11.2 Å². The number of amides is 1. The first-order chi connectivity index (χ1) is 7.60. The zero-order valence-corrected chi connectivity index (χ0v) is 8.77. The lowest BCUT2D eigenvalue weighted by atomic mass is 10.2. The second-order valence-corrected chi connectivity index (χ2v) is 3.16. The van der Waals surface area contributed by atoms with Crippen molar-refractivity contribution >= 4 is 11.9 Å². The molecule has 1 rings (SSSR count). The topological polar surface area (TPSA) is 99.8 Å². The molecule has 1 heterocycles. The summed E-state index contributed by atoms with van der Waals surface area (Å²) in [6.07, 6.45) is 1.90. The molecule has 0 aliphatic carbocycles. The first-order valence-electron chi connectivity index (χ1n) is 4.81. The van der Waals surface area contributed by atoms with E-state index in [4.69, 9.17) is 14.6 Å². The van der Waals surface area contributed by atoms with Gasteiger partial charge in [-0.15, -0.1) is 0 Å². The molecular formula is C10H13NO5. The number of hydrogen-bond acceptors (Lipinski definition) is 4. The van der Waals surface area contributed by atoms with E-state index in [0.29, 0.717) is 17.7 Å². The third-order valence-corrected chi connectivity index (χ3v) is 2.10. The summed E-state index contributed by atoms with van der Waals surface area (Å²) in [5.74, 6) is -1.36. The van der Waals surface area contributed by atoms with E-state index < -0.39 is 24.5 Å². The highest BCUT2D eigenvalue weighted by Crippen LogP contribution is 2.11. The predicted octanol–water partition coefficient (Wildman–Crippen LogP) is 0.0173. The molecule has 1 aromatic rings. The Morgan fingerprint density at radius 3 is 2.75 bits per heavy atom. The fourth-order valence-electron chi connectivity index (χ4n) is 1.24. The minimum atomic E-state index is -1.30. The Balaban J connectivity index is 2.75. The standard InChI is InChI=1S/C10H13NO5/c1-2-8-6(3-4-16-8)9(13)11-7(5-12)10(14)15/h3-4,7,12H,2,5H2,1H3,(H,11,13)(H,14,15)/t7-/m1/s1. The normalized spacial score (nSPS) is 12.1. The molecular weight excluding hydrogens is 214 g/mol. The SMILES string of the molecule is CCc1occc1C(=O)N[C@H](CO)C(=O)O. The highest BCUT2D eigenvalue weighted by atomic mass is 16.4. The Hall–Kier alpha value is -1.82. The Labute approximate surface area is 91.9 Å². The summed E-state index contributed by atoms with van der Waals surface area (Å²) >= 11 is 0. The maximum absolute atomic E-state index is 11.6. The molecule has 0 aliphatic heterocycles. The summed E-state index contributed by atoms with van der Waals surface area (Å²) in [5, 5.41) is 19.6. The Morgan fingerprint density at radius 1 is 1.56 bits per heavy atom. The molecule has 0 fully saturated rings. The van der Waals surface area contributed by atoms with Crippen LogP contribution in [0.1, 0.15) is 23.0 Å². The van der Waals surface area contributed by atoms with Crippen molar-refractivity contribution in [3.05, 3.63) is 23.7 Å². The number of aliphatic carboxylic acids is 1. The first kappa shape index (κ1) is 12.3. The number of carbonyl (C=O) groups is 2. The van der Waals surface area contributed by atoms with Gasteiger partial charge in [-0.2, -0.15) is 0 Å². The van der Waals surface area contributed by atoms with Gasteiger partial charge in [0.25, 0.3) is 5.91 Å². The van der Waals surface area contributed by atoms with Crippen molar-refractivity contribution in [3.63, 3.8) is 0 Å².